The van der Waals surface area contributed by atoms with E-state index >= 15 is 0 Å². The molecule has 0 aliphatic rings. The van der Waals surface area contributed by atoms with Gasteiger partial charge in [-0.3, -0.25) is 9.59 Å². The molecular formula is C61H119NO5. The van der Waals surface area contributed by atoms with Crippen LogP contribution in [0.15, 0.2) is 12.2 Å². The summed E-state index contributed by atoms with van der Waals surface area (Å²) in [6, 6.07) is -0.556. The van der Waals surface area contributed by atoms with E-state index in [0.717, 1.165) is 57.8 Å². The largest absolute Gasteiger partial charge is 0.466 e. The van der Waals surface area contributed by atoms with Gasteiger partial charge in [0.15, 0.2) is 0 Å². The van der Waals surface area contributed by atoms with Gasteiger partial charge in [0.05, 0.1) is 25.4 Å². The van der Waals surface area contributed by atoms with Gasteiger partial charge in [0.1, 0.15) is 0 Å². The molecule has 0 aliphatic heterocycles. The van der Waals surface area contributed by atoms with Crippen LogP contribution >= 0.6 is 0 Å². The van der Waals surface area contributed by atoms with Gasteiger partial charge in [-0.15, -0.1) is 0 Å². The third kappa shape index (κ3) is 53.8. The van der Waals surface area contributed by atoms with Gasteiger partial charge in [0.2, 0.25) is 5.91 Å². The van der Waals surface area contributed by atoms with Crippen LogP contribution < -0.4 is 5.32 Å². The first kappa shape index (κ1) is 65.6. The second kappa shape index (κ2) is 57.2. The van der Waals surface area contributed by atoms with Gasteiger partial charge in [-0.05, 0) is 51.4 Å². The van der Waals surface area contributed by atoms with Crippen molar-refractivity contribution >= 4 is 11.9 Å². The minimum atomic E-state index is -0.678. The van der Waals surface area contributed by atoms with Crippen molar-refractivity contribution in [3.63, 3.8) is 0 Å². The summed E-state index contributed by atoms with van der Waals surface area (Å²) in [6.07, 6.45) is 67.8. The molecule has 0 rings (SSSR count). The van der Waals surface area contributed by atoms with Crippen LogP contribution in [-0.2, 0) is 14.3 Å². The number of carbonyl (C=O) groups excluding carboxylic acids is 2. The molecule has 0 saturated carbocycles. The fourth-order valence-corrected chi connectivity index (χ4v) is 9.64. The van der Waals surface area contributed by atoms with Crippen LogP contribution in [0.1, 0.15) is 341 Å². The summed E-state index contributed by atoms with van der Waals surface area (Å²) in [5.41, 5.74) is 0. The fraction of sp³-hybridized carbons (Fsp3) is 0.934. The van der Waals surface area contributed by atoms with Gasteiger partial charge in [0, 0.05) is 12.8 Å². The molecule has 2 atom stereocenters. The second-order valence-electron chi connectivity index (χ2n) is 21.0. The van der Waals surface area contributed by atoms with Crippen molar-refractivity contribution in [2.75, 3.05) is 13.2 Å². The Kier molecular flexibility index (Phi) is 56.0. The Labute approximate surface area is 419 Å². The maximum Gasteiger partial charge on any atom is 0.305 e. The number of nitrogens with one attached hydrogen (secondary N) is 1. The van der Waals surface area contributed by atoms with Crippen molar-refractivity contribution in [3.05, 3.63) is 12.2 Å². The second-order valence-corrected chi connectivity index (χ2v) is 21.0. The Morgan fingerprint density at radius 3 is 1.06 bits per heavy atom. The van der Waals surface area contributed by atoms with Crippen LogP contribution in [0.5, 0.6) is 0 Å². The Bertz CT molecular complexity index is 1000. The van der Waals surface area contributed by atoms with E-state index in [1.807, 2.05) is 0 Å². The predicted molar refractivity (Wildman–Crippen MR) is 292 cm³/mol. The zero-order valence-electron chi connectivity index (χ0n) is 45.4. The monoisotopic (exact) mass is 946 g/mol. The topological polar surface area (TPSA) is 95.9 Å². The number of esters is 1. The summed E-state index contributed by atoms with van der Waals surface area (Å²) in [4.78, 5) is 24.6. The lowest BCUT2D eigenvalue weighted by atomic mass is 10.0. The van der Waals surface area contributed by atoms with Crippen LogP contribution in [0.2, 0.25) is 0 Å². The van der Waals surface area contributed by atoms with Crippen LogP contribution in [-0.4, -0.2) is 47.4 Å². The zero-order valence-corrected chi connectivity index (χ0v) is 45.4. The Morgan fingerprint density at radius 1 is 0.403 bits per heavy atom. The molecule has 6 heteroatoms. The van der Waals surface area contributed by atoms with Gasteiger partial charge in [-0.1, -0.05) is 289 Å². The van der Waals surface area contributed by atoms with Crippen molar-refractivity contribution in [1.82, 2.24) is 5.32 Å². The first-order chi connectivity index (χ1) is 33.0. The highest BCUT2D eigenvalue weighted by molar-refractivity contribution is 5.76. The molecule has 1 amide bonds. The van der Waals surface area contributed by atoms with Gasteiger partial charge in [-0.25, -0.2) is 0 Å². The first-order valence-corrected chi connectivity index (χ1v) is 30.4. The Hall–Kier alpha value is -1.40. The minimum Gasteiger partial charge on any atom is -0.466 e. The van der Waals surface area contributed by atoms with E-state index in [1.165, 1.54) is 250 Å². The quantitative estimate of drug-likeness (QED) is 0.0321. The normalized spacial score (nSPS) is 12.6. The third-order valence-electron chi connectivity index (χ3n) is 14.3. The summed E-state index contributed by atoms with van der Waals surface area (Å²) >= 11 is 0. The zero-order chi connectivity index (χ0) is 48.6. The summed E-state index contributed by atoms with van der Waals surface area (Å²) in [7, 11) is 0. The number of carbonyl (C=O) groups is 2. The standard InChI is InChI=1S/C61H119NO5/c1-3-5-7-9-11-13-15-17-19-21-22-23-24-25-26-27-28-30-33-37-41-45-49-53-59(64)58(57-63)62-60(65)54-50-46-42-38-34-32-36-40-44-48-52-56-67-61(66)55-51-47-43-39-35-31-29-20-18-16-14-12-10-8-6-4-2/h20,29,58-59,63-64H,3-19,21-28,30-57H2,1-2H3,(H,62,65)/b29-20-. The molecule has 0 radical (unpaired) electrons. The van der Waals surface area contributed by atoms with Crippen molar-refractivity contribution in [2.24, 2.45) is 0 Å². The molecular weight excluding hydrogens is 827 g/mol. The molecule has 0 aromatic carbocycles. The molecule has 0 saturated heterocycles. The molecule has 67 heavy (non-hydrogen) atoms. The van der Waals surface area contributed by atoms with Crippen LogP contribution in [0, 0.1) is 0 Å². The SMILES string of the molecule is CCCCCCCCC/C=C\CCCCCCCC(=O)OCCCCCCCCCCCCCC(=O)NC(CO)C(O)CCCCCCCCCCCCCCCCCCCCCCCCC. The van der Waals surface area contributed by atoms with Crippen molar-refractivity contribution in [2.45, 2.75) is 353 Å². The average molecular weight is 947 g/mol. The Morgan fingerprint density at radius 2 is 0.701 bits per heavy atom. The molecule has 0 aliphatic carbocycles. The number of hydrogen-bond donors (Lipinski definition) is 3. The van der Waals surface area contributed by atoms with Crippen molar-refractivity contribution < 1.29 is 24.5 Å². The van der Waals surface area contributed by atoms with E-state index < -0.39 is 12.1 Å². The maximum atomic E-state index is 12.5. The van der Waals surface area contributed by atoms with Crippen molar-refractivity contribution in [1.29, 1.82) is 0 Å². The highest BCUT2D eigenvalue weighted by Crippen LogP contribution is 2.18. The highest BCUT2D eigenvalue weighted by Gasteiger charge is 2.20. The van der Waals surface area contributed by atoms with E-state index in [0.29, 0.717) is 25.9 Å². The van der Waals surface area contributed by atoms with Crippen LogP contribution in [0.3, 0.4) is 0 Å². The van der Waals surface area contributed by atoms with E-state index in [4.69, 9.17) is 4.74 Å². The summed E-state index contributed by atoms with van der Waals surface area (Å²) < 4.78 is 5.47. The van der Waals surface area contributed by atoms with E-state index in [2.05, 4.69) is 31.3 Å². The van der Waals surface area contributed by atoms with E-state index in [9.17, 15) is 19.8 Å². The van der Waals surface area contributed by atoms with Gasteiger partial charge < -0.3 is 20.3 Å². The maximum absolute atomic E-state index is 12.5. The number of allylic oxidation sites excluding steroid dienone is 2. The van der Waals surface area contributed by atoms with E-state index in [-0.39, 0.29) is 18.5 Å². The fourth-order valence-electron chi connectivity index (χ4n) is 9.64. The molecule has 0 spiro atoms. The van der Waals surface area contributed by atoms with Gasteiger partial charge >= 0.3 is 5.97 Å². The lowest BCUT2D eigenvalue weighted by Crippen LogP contribution is -2.45. The van der Waals surface area contributed by atoms with Gasteiger partial charge in [0.25, 0.3) is 0 Å². The van der Waals surface area contributed by atoms with Crippen molar-refractivity contribution in [3.8, 4) is 0 Å². The summed E-state index contributed by atoms with van der Waals surface area (Å²) in [5.74, 6) is -0.0698. The molecule has 3 N–H and O–H groups in total. The molecule has 0 aromatic heterocycles. The van der Waals surface area contributed by atoms with Crippen LogP contribution in [0.4, 0.5) is 0 Å². The van der Waals surface area contributed by atoms with E-state index in [1.54, 1.807) is 0 Å². The molecule has 0 heterocycles. The number of ether oxygens (including phenoxy) is 1. The number of hydrogen-bond acceptors (Lipinski definition) is 5. The first-order valence-electron chi connectivity index (χ1n) is 30.4. The predicted octanol–water partition coefficient (Wildman–Crippen LogP) is 18.9. The average Bonchev–Trinajstić information content (AvgIpc) is 3.33. The minimum absolute atomic E-state index is 0.0196. The lowest BCUT2D eigenvalue weighted by Gasteiger charge is -2.22. The number of aliphatic hydroxyl groups excluding tert-OH is 2. The molecule has 398 valence electrons. The number of aliphatic hydroxyl groups is 2. The molecule has 2 unspecified atom stereocenters. The molecule has 0 bridgehead atoms. The third-order valence-corrected chi connectivity index (χ3v) is 14.3. The number of amides is 1. The lowest BCUT2D eigenvalue weighted by molar-refractivity contribution is -0.143. The smallest absolute Gasteiger partial charge is 0.305 e. The highest BCUT2D eigenvalue weighted by atomic mass is 16.5. The molecule has 6 nitrogen and oxygen atoms in total. The number of unbranched alkanes of at least 4 members (excludes halogenated alkanes) is 44. The summed E-state index contributed by atoms with van der Waals surface area (Å²) in [5, 5.41) is 23.4. The van der Waals surface area contributed by atoms with Crippen LogP contribution in [0.25, 0.3) is 0 Å². The molecule has 0 fully saturated rings. The molecule has 0 aromatic rings. The number of rotatable bonds is 57. The summed E-state index contributed by atoms with van der Waals surface area (Å²) in [6.45, 7) is 4.93. The Balaban J connectivity index is 3.45. The van der Waals surface area contributed by atoms with Gasteiger partial charge in [-0.2, -0.15) is 0 Å².